The number of fused-ring (bicyclic) bond motifs is 1. The molecule has 1 aromatic carbocycles. The number of nitrogens with zero attached hydrogens (tertiary/aromatic N) is 3. The molecule has 3 rings (SSSR count). The van der Waals surface area contributed by atoms with Crippen LogP contribution in [0.3, 0.4) is 0 Å². The number of anilines is 1. The molecule has 1 aliphatic heterocycles. The minimum atomic E-state index is -0.504. The zero-order valence-corrected chi connectivity index (χ0v) is 15.5. The first-order valence-electron chi connectivity index (χ1n) is 7.57. The third kappa shape index (κ3) is 3.42. The van der Waals surface area contributed by atoms with Crippen LogP contribution in [0, 0.1) is 5.41 Å². The zero-order valence-electron chi connectivity index (χ0n) is 13.2. The van der Waals surface area contributed by atoms with Gasteiger partial charge in [-0.25, -0.2) is 4.98 Å². The van der Waals surface area contributed by atoms with Crippen LogP contribution < -0.4 is 4.90 Å². The SMILES string of the molecule is CC(C)(CCl)C(=O)N1CCN(c2nc3ccc(Cl)cc3s2)CC1. The van der Waals surface area contributed by atoms with Gasteiger partial charge in [-0.3, -0.25) is 4.79 Å². The molecule has 124 valence electrons. The monoisotopic (exact) mass is 371 g/mol. The third-order valence-electron chi connectivity index (χ3n) is 4.09. The van der Waals surface area contributed by atoms with Gasteiger partial charge in [0.2, 0.25) is 5.91 Å². The molecule has 7 heteroatoms. The summed E-state index contributed by atoms with van der Waals surface area (Å²) in [7, 11) is 0. The van der Waals surface area contributed by atoms with Crippen molar-refractivity contribution in [3.8, 4) is 0 Å². The highest BCUT2D eigenvalue weighted by atomic mass is 35.5. The van der Waals surface area contributed by atoms with E-state index >= 15 is 0 Å². The summed E-state index contributed by atoms with van der Waals surface area (Å²) >= 11 is 13.6. The van der Waals surface area contributed by atoms with E-state index in [9.17, 15) is 4.79 Å². The lowest BCUT2D eigenvalue weighted by atomic mass is 9.94. The Balaban J connectivity index is 1.69. The molecule has 0 atom stereocenters. The third-order valence-corrected chi connectivity index (χ3v) is 6.07. The van der Waals surface area contributed by atoms with Gasteiger partial charge in [-0.15, -0.1) is 11.6 Å². The Hall–Kier alpha value is -1.04. The lowest BCUT2D eigenvalue weighted by Gasteiger charge is -2.38. The Morgan fingerprint density at radius 3 is 2.65 bits per heavy atom. The van der Waals surface area contributed by atoms with Crippen molar-refractivity contribution in [2.75, 3.05) is 37.0 Å². The second kappa shape index (κ2) is 6.46. The topological polar surface area (TPSA) is 36.4 Å². The van der Waals surface area contributed by atoms with Gasteiger partial charge in [0.15, 0.2) is 5.13 Å². The maximum atomic E-state index is 12.5. The second-order valence-electron chi connectivity index (χ2n) is 6.41. The number of aromatic nitrogens is 1. The van der Waals surface area contributed by atoms with E-state index < -0.39 is 5.41 Å². The Morgan fingerprint density at radius 2 is 2.00 bits per heavy atom. The summed E-state index contributed by atoms with van der Waals surface area (Å²) in [5.74, 6) is 0.466. The minimum absolute atomic E-state index is 0.128. The fourth-order valence-electron chi connectivity index (χ4n) is 2.61. The molecule has 1 fully saturated rings. The largest absolute Gasteiger partial charge is 0.345 e. The fourth-order valence-corrected chi connectivity index (χ4v) is 4.02. The number of thiazole rings is 1. The number of carbonyl (C=O) groups excluding carboxylic acids is 1. The highest BCUT2D eigenvalue weighted by Crippen LogP contribution is 2.31. The van der Waals surface area contributed by atoms with Gasteiger partial charge in [-0.2, -0.15) is 0 Å². The van der Waals surface area contributed by atoms with E-state index in [1.165, 1.54) is 0 Å². The van der Waals surface area contributed by atoms with E-state index in [4.69, 9.17) is 23.2 Å². The van der Waals surface area contributed by atoms with Crippen LogP contribution in [0.5, 0.6) is 0 Å². The van der Waals surface area contributed by atoms with Crippen molar-refractivity contribution in [1.29, 1.82) is 0 Å². The molecule has 0 saturated carbocycles. The van der Waals surface area contributed by atoms with Gasteiger partial charge in [0.1, 0.15) is 0 Å². The Labute approximate surface area is 150 Å². The Bertz CT molecular complexity index is 723. The maximum Gasteiger partial charge on any atom is 0.229 e. The summed E-state index contributed by atoms with van der Waals surface area (Å²) in [6.07, 6.45) is 0. The van der Waals surface area contributed by atoms with Gasteiger partial charge >= 0.3 is 0 Å². The number of hydrogen-bond acceptors (Lipinski definition) is 4. The van der Waals surface area contributed by atoms with Crippen LogP contribution in [0.15, 0.2) is 18.2 Å². The van der Waals surface area contributed by atoms with Crippen molar-refractivity contribution in [3.05, 3.63) is 23.2 Å². The van der Waals surface area contributed by atoms with Crippen molar-refractivity contribution >= 4 is 55.8 Å². The van der Waals surface area contributed by atoms with Crippen LogP contribution in [0.1, 0.15) is 13.8 Å². The molecule has 0 radical (unpaired) electrons. The number of rotatable bonds is 3. The van der Waals surface area contributed by atoms with E-state index in [0.717, 1.165) is 33.5 Å². The Morgan fingerprint density at radius 1 is 1.30 bits per heavy atom. The van der Waals surface area contributed by atoms with Crippen molar-refractivity contribution < 1.29 is 4.79 Å². The number of amides is 1. The average Bonchev–Trinajstić information content (AvgIpc) is 2.97. The summed E-state index contributed by atoms with van der Waals surface area (Å²) in [6, 6.07) is 5.75. The lowest BCUT2D eigenvalue weighted by molar-refractivity contribution is -0.139. The summed E-state index contributed by atoms with van der Waals surface area (Å²) in [4.78, 5) is 21.3. The number of benzene rings is 1. The van der Waals surface area contributed by atoms with Crippen molar-refractivity contribution in [2.24, 2.45) is 5.41 Å². The van der Waals surface area contributed by atoms with E-state index in [1.54, 1.807) is 11.3 Å². The van der Waals surface area contributed by atoms with E-state index in [1.807, 2.05) is 36.9 Å². The molecule has 4 nitrogen and oxygen atoms in total. The summed E-state index contributed by atoms with van der Waals surface area (Å²) in [5.41, 5.74) is 0.465. The smallest absolute Gasteiger partial charge is 0.229 e. The van der Waals surface area contributed by atoms with Gasteiger partial charge < -0.3 is 9.80 Å². The molecule has 0 unspecified atom stereocenters. The lowest BCUT2D eigenvalue weighted by Crippen LogP contribution is -2.52. The molecule has 1 amide bonds. The maximum absolute atomic E-state index is 12.5. The molecule has 0 N–H and O–H groups in total. The first kappa shape index (κ1) is 16.8. The number of piperazine rings is 1. The molecule has 1 aromatic heterocycles. The molecular weight excluding hydrogens is 353 g/mol. The number of hydrogen-bond donors (Lipinski definition) is 0. The van der Waals surface area contributed by atoms with E-state index in [0.29, 0.717) is 19.0 Å². The number of halogens is 2. The normalized spacial score (nSPS) is 16.2. The highest BCUT2D eigenvalue weighted by Gasteiger charge is 2.33. The summed E-state index contributed by atoms with van der Waals surface area (Å²) < 4.78 is 1.09. The van der Waals surface area contributed by atoms with Crippen LogP contribution in [0.2, 0.25) is 5.02 Å². The second-order valence-corrected chi connectivity index (χ2v) is 8.12. The molecule has 0 aliphatic carbocycles. The van der Waals surface area contributed by atoms with Crippen LogP contribution >= 0.6 is 34.5 Å². The zero-order chi connectivity index (χ0) is 16.6. The van der Waals surface area contributed by atoms with Gasteiger partial charge in [0.05, 0.1) is 15.6 Å². The van der Waals surface area contributed by atoms with Crippen molar-refractivity contribution in [2.45, 2.75) is 13.8 Å². The summed E-state index contributed by atoms with van der Waals surface area (Å²) in [6.45, 7) is 6.78. The molecule has 2 heterocycles. The van der Waals surface area contributed by atoms with Gasteiger partial charge in [-0.1, -0.05) is 22.9 Å². The number of carbonyl (C=O) groups is 1. The molecule has 2 aromatic rings. The van der Waals surface area contributed by atoms with Gasteiger partial charge in [-0.05, 0) is 32.0 Å². The molecule has 0 spiro atoms. The van der Waals surface area contributed by atoms with E-state index in [-0.39, 0.29) is 5.91 Å². The van der Waals surface area contributed by atoms with Crippen LogP contribution in [0.25, 0.3) is 10.2 Å². The van der Waals surface area contributed by atoms with Crippen LogP contribution in [-0.4, -0.2) is 47.9 Å². The highest BCUT2D eigenvalue weighted by molar-refractivity contribution is 7.22. The molecule has 1 saturated heterocycles. The molecular formula is C16H19Cl2N3OS. The predicted octanol–water partition coefficient (Wildman–Crippen LogP) is 3.86. The minimum Gasteiger partial charge on any atom is -0.345 e. The predicted molar refractivity (Wildman–Crippen MR) is 97.9 cm³/mol. The number of alkyl halides is 1. The molecule has 0 bridgehead atoms. The fraction of sp³-hybridized carbons (Fsp3) is 0.500. The van der Waals surface area contributed by atoms with Crippen molar-refractivity contribution in [1.82, 2.24) is 9.88 Å². The molecule has 23 heavy (non-hydrogen) atoms. The van der Waals surface area contributed by atoms with Crippen molar-refractivity contribution in [3.63, 3.8) is 0 Å². The van der Waals surface area contributed by atoms with Gasteiger partial charge in [0, 0.05) is 37.1 Å². The van der Waals surface area contributed by atoms with Crippen LogP contribution in [-0.2, 0) is 4.79 Å². The van der Waals surface area contributed by atoms with E-state index in [2.05, 4.69) is 9.88 Å². The van der Waals surface area contributed by atoms with Crippen LogP contribution in [0.4, 0.5) is 5.13 Å². The first-order chi connectivity index (χ1) is 10.9. The Kier molecular flexibility index (Phi) is 4.72. The average molecular weight is 372 g/mol. The first-order valence-corrected chi connectivity index (χ1v) is 9.30. The standard InChI is InChI=1S/C16H19Cl2N3OS/c1-16(2,10-17)14(22)20-5-7-21(8-6-20)15-19-12-4-3-11(18)9-13(12)23-15/h3-4,9H,5-8,10H2,1-2H3. The van der Waals surface area contributed by atoms with Gasteiger partial charge in [0.25, 0.3) is 0 Å². The summed E-state index contributed by atoms with van der Waals surface area (Å²) in [5, 5.41) is 1.72. The molecule has 1 aliphatic rings. The quantitative estimate of drug-likeness (QED) is 0.768.